The summed E-state index contributed by atoms with van der Waals surface area (Å²) in [6.07, 6.45) is 3.35. The molecule has 2 atom stereocenters. The highest BCUT2D eigenvalue weighted by molar-refractivity contribution is 5.93. The van der Waals surface area contributed by atoms with E-state index in [4.69, 9.17) is 0 Å². The monoisotopic (exact) mass is 390 g/mol. The van der Waals surface area contributed by atoms with Gasteiger partial charge in [-0.3, -0.25) is 14.6 Å². The van der Waals surface area contributed by atoms with Crippen LogP contribution in [0, 0.1) is 5.92 Å². The van der Waals surface area contributed by atoms with E-state index in [2.05, 4.69) is 15.0 Å². The molecule has 1 saturated heterocycles. The molecule has 0 unspecified atom stereocenters. The number of likely N-dealkylation sites (tertiary alicyclic amines) is 1. The Hall–Kier alpha value is -3.06. The van der Waals surface area contributed by atoms with Gasteiger partial charge >= 0.3 is 0 Å². The lowest BCUT2D eigenvalue weighted by Crippen LogP contribution is -2.34. The number of aliphatic hydroxyl groups is 1. The molecule has 29 heavy (non-hydrogen) atoms. The molecule has 1 aliphatic carbocycles. The molecule has 1 saturated carbocycles. The smallest absolute Gasteiger partial charge is 0.263 e. The van der Waals surface area contributed by atoms with Crippen molar-refractivity contribution in [1.82, 2.24) is 19.9 Å². The first-order valence-electron chi connectivity index (χ1n) is 10.00. The van der Waals surface area contributed by atoms with Crippen molar-refractivity contribution in [3.8, 4) is 0 Å². The van der Waals surface area contributed by atoms with Gasteiger partial charge in [-0.1, -0.05) is 24.3 Å². The van der Waals surface area contributed by atoms with E-state index in [0.717, 1.165) is 29.4 Å². The zero-order valence-electron chi connectivity index (χ0n) is 15.9. The molecule has 1 aliphatic heterocycles. The van der Waals surface area contributed by atoms with Gasteiger partial charge in [-0.05, 0) is 31.4 Å². The fraction of sp³-hybridized carbons (Fsp3) is 0.364. The second-order valence-corrected chi connectivity index (χ2v) is 8.02. The molecule has 2 N–H and O–H groups in total. The van der Waals surface area contributed by atoms with Crippen molar-refractivity contribution >= 4 is 16.8 Å². The van der Waals surface area contributed by atoms with Crippen LogP contribution in [-0.4, -0.2) is 50.1 Å². The number of fused-ring (bicyclic) bond motifs is 1. The Morgan fingerprint density at radius 1 is 1.17 bits per heavy atom. The summed E-state index contributed by atoms with van der Waals surface area (Å²) in [5, 5.41) is 11.6. The number of aromatic amines is 1. The fourth-order valence-electron chi connectivity index (χ4n) is 4.01. The Kier molecular flexibility index (Phi) is 4.39. The maximum Gasteiger partial charge on any atom is 0.263 e. The Bertz CT molecular complexity index is 1140. The number of aromatic nitrogens is 3. The number of benzene rings is 1. The molecule has 1 amide bonds. The molecule has 2 aromatic heterocycles. The summed E-state index contributed by atoms with van der Waals surface area (Å²) in [5.41, 5.74) is 1.43. The zero-order chi connectivity index (χ0) is 20.0. The summed E-state index contributed by atoms with van der Waals surface area (Å²) in [5.74, 6) is 0.479. The predicted molar refractivity (Wildman–Crippen MR) is 108 cm³/mol. The number of hydrogen-bond donors (Lipinski definition) is 2. The van der Waals surface area contributed by atoms with Gasteiger partial charge in [0.1, 0.15) is 11.4 Å². The minimum Gasteiger partial charge on any atom is -0.391 e. The van der Waals surface area contributed by atoms with Gasteiger partial charge in [0.2, 0.25) is 0 Å². The topological polar surface area (TPSA) is 99.2 Å². The van der Waals surface area contributed by atoms with Gasteiger partial charge in [0.15, 0.2) is 0 Å². The van der Waals surface area contributed by atoms with Gasteiger partial charge in [-0.15, -0.1) is 0 Å². The van der Waals surface area contributed by atoms with E-state index >= 15 is 0 Å². The van der Waals surface area contributed by atoms with Crippen LogP contribution >= 0.6 is 0 Å². The summed E-state index contributed by atoms with van der Waals surface area (Å²) in [4.78, 5) is 38.4. The zero-order valence-corrected chi connectivity index (χ0v) is 15.9. The van der Waals surface area contributed by atoms with E-state index < -0.39 is 11.7 Å². The summed E-state index contributed by atoms with van der Waals surface area (Å²) >= 11 is 0. The van der Waals surface area contributed by atoms with Crippen LogP contribution in [0.25, 0.3) is 10.9 Å². The average molecular weight is 390 g/mol. The average Bonchev–Trinajstić information content (AvgIpc) is 3.51. The molecule has 5 rings (SSSR count). The molecular formula is C22H22N4O3. The number of carbonyl (C=O) groups excluding carboxylic acids is 1. The van der Waals surface area contributed by atoms with E-state index in [-0.39, 0.29) is 23.9 Å². The SMILES string of the molecule is O=C(c1cnc(C2CC2)[nH]c1=O)N1C[C@@H](Cc2ccc3ccccc3n2)[C@H](O)C1. The minimum atomic E-state index is -0.648. The largest absolute Gasteiger partial charge is 0.391 e. The third-order valence-corrected chi connectivity index (χ3v) is 5.83. The first-order valence-corrected chi connectivity index (χ1v) is 10.00. The van der Waals surface area contributed by atoms with Crippen molar-refractivity contribution in [2.45, 2.75) is 31.3 Å². The number of H-pyrrole nitrogens is 1. The predicted octanol–water partition coefficient (Wildman–Crippen LogP) is 1.87. The number of nitrogens with one attached hydrogen (secondary N) is 1. The highest BCUT2D eigenvalue weighted by Crippen LogP contribution is 2.37. The lowest BCUT2D eigenvalue weighted by molar-refractivity contribution is 0.0762. The van der Waals surface area contributed by atoms with Gasteiger partial charge in [0.25, 0.3) is 11.5 Å². The van der Waals surface area contributed by atoms with Crippen molar-refractivity contribution in [3.63, 3.8) is 0 Å². The number of β-amino-alcohol motifs (C(OH)–C–C–N with tert-alkyl or cyclic N) is 1. The van der Waals surface area contributed by atoms with E-state index in [1.54, 1.807) is 4.90 Å². The maximum absolute atomic E-state index is 12.8. The number of aliphatic hydroxyl groups excluding tert-OH is 1. The number of para-hydroxylation sites is 1. The molecule has 1 aromatic carbocycles. The molecule has 2 fully saturated rings. The van der Waals surface area contributed by atoms with Gasteiger partial charge in [0.05, 0.1) is 11.6 Å². The molecule has 0 spiro atoms. The number of carbonyl (C=O) groups is 1. The number of pyridine rings is 1. The van der Waals surface area contributed by atoms with Gasteiger partial charge in [-0.25, -0.2) is 4.98 Å². The van der Waals surface area contributed by atoms with Crippen molar-refractivity contribution in [1.29, 1.82) is 0 Å². The van der Waals surface area contributed by atoms with Gasteiger partial charge in [-0.2, -0.15) is 0 Å². The third-order valence-electron chi connectivity index (χ3n) is 5.83. The molecule has 7 heteroatoms. The summed E-state index contributed by atoms with van der Waals surface area (Å²) < 4.78 is 0. The van der Waals surface area contributed by atoms with Crippen LogP contribution in [0.3, 0.4) is 0 Å². The van der Waals surface area contributed by atoms with Crippen LogP contribution in [0.4, 0.5) is 0 Å². The molecule has 3 heterocycles. The number of rotatable bonds is 4. The van der Waals surface area contributed by atoms with Crippen LogP contribution in [0.15, 0.2) is 47.4 Å². The summed E-state index contributed by atoms with van der Waals surface area (Å²) in [7, 11) is 0. The second kappa shape index (κ2) is 7.08. The van der Waals surface area contributed by atoms with Crippen molar-refractivity contribution in [2.75, 3.05) is 13.1 Å². The lowest BCUT2D eigenvalue weighted by atomic mass is 9.99. The van der Waals surface area contributed by atoms with Crippen molar-refractivity contribution in [3.05, 3.63) is 70.0 Å². The van der Waals surface area contributed by atoms with E-state index in [9.17, 15) is 14.7 Å². The van der Waals surface area contributed by atoms with Crippen LogP contribution in [0.1, 0.15) is 40.6 Å². The fourth-order valence-corrected chi connectivity index (χ4v) is 4.01. The standard InChI is InChI=1S/C22H22N4O3/c27-19-12-26(22(29)17-10-23-20(14-5-6-14)25-21(17)28)11-15(19)9-16-8-7-13-3-1-2-4-18(13)24-16/h1-4,7-8,10,14-15,19,27H,5-6,9,11-12H2,(H,23,25,28)/t15-,19-/m1/s1. The summed E-state index contributed by atoms with van der Waals surface area (Å²) in [6.45, 7) is 0.596. The van der Waals surface area contributed by atoms with Crippen molar-refractivity contribution in [2.24, 2.45) is 5.92 Å². The number of amides is 1. The maximum atomic E-state index is 12.8. The number of nitrogens with zero attached hydrogens (tertiary/aromatic N) is 3. The van der Waals surface area contributed by atoms with Crippen LogP contribution < -0.4 is 5.56 Å². The Balaban J connectivity index is 1.30. The van der Waals surface area contributed by atoms with Gasteiger partial charge in [0, 0.05) is 42.2 Å². The van der Waals surface area contributed by atoms with Crippen LogP contribution in [0.5, 0.6) is 0 Å². The molecule has 0 bridgehead atoms. The van der Waals surface area contributed by atoms with E-state index in [1.807, 2.05) is 36.4 Å². The third kappa shape index (κ3) is 3.53. The van der Waals surface area contributed by atoms with Crippen LogP contribution in [0.2, 0.25) is 0 Å². The molecule has 2 aliphatic rings. The normalized spacial score (nSPS) is 21.6. The Morgan fingerprint density at radius 3 is 2.79 bits per heavy atom. The molecule has 148 valence electrons. The summed E-state index contributed by atoms with van der Waals surface area (Å²) in [6, 6.07) is 11.9. The van der Waals surface area contributed by atoms with Gasteiger partial charge < -0.3 is 15.0 Å². The highest BCUT2D eigenvalue weighted by atomic mass is 16.3. The first kappa shape index (κ1) is 18.0. The van der Waals surface area contributed by atoms with E-state index in [0.29, 0.717) is 24.7 Å². The van der Waals surface area contributed by atoms with Crippen molar-refractivity contribution < 1.29 is 9.90 Å². The number of hydrogen-bond acceptors (Lipinski definition) is 5. The minimum absolute atomic E-state index is 0.0334. The van der Waals surface area contributed by atoms with Crippen LogP contribution in [-0.2, 0) is 6.42 Å². The first-order chi connectivity index (χ1) is 14.1. The molecule has 0 radical (unpaired) electrons. The quantitative estimate of drug-likeness (QED) is 0.709. The molecule has 7 nitrogen and oxygen atoms in total. The Labute approximate surface area is 167 Å². The van der Waals surface area contributed by atoms with E-state index in [1.165, 1.54) is 6.20 Å². The molecule has 3 aromatic rings. The molecular weight excluding hydrogens is 368 g/mol. The second-order valence-electron chi connectivity index (χ2n) is 8.02. The lowest BCUT2D eigenvalue weighted by Gasteiger charge is -2.15. The highest BCUT2D eigenvalue weighted by Gasteiger charge is 2.36. The Morgan fingerprint density at radius 2 is 2.00 bits per heavy atom.